The van der Waals surface area contributed by atoms with E-state index in [4.69, 9.17) is 0 Å². The summed E-state index contributed by atoms with van der Waals surface area (Å²) < 4.78 is 38.9. The van der Waals surface area contributed by atoms with Gasteiger partial charge in [0.15, 0.2) is 11.3 Å². The number of aromatic nitrogens is 4. The van der Waals surface area contributed by atoms with E-state index < -0.39 is 18.6 Å². The van der Waals surface area contributed by atoms with Crippen molar-refractivity contribution >= 4 is 22.7 Å². The van der Waals surface area contributed by atoms with Crippen LogP contribution in [-0.4, -0.2) is 38.0 Å². The number of carbonyl (C=O) groups excluding carboxylic acids is 1. The third-order valence-electron chi connectivity index (χ3n) is 6.33. The Kier molecular flexibility index (Phi) is 5.71. The molecule has 1 unspecified atom stereocenters. The quantitative estimate of drug-likeness (QED) is 0.612. The Hall–Kier alpha value is -2.58. The molecule has 0 spiro atoms. The molecule has 1 aliphatic rings. The summed E-state index contributed by atoms with van der Waals surface area (Å²) in [5.74, 6) is 0.646. The molecule has 30 heavy (non-hydrogen) atoms. The van der Waals surface area contributed by atoms with Crippen LogP contribution in [0.4, 0.5) is 13.2 Å². The van der Waals surface area contributed by atoms with E-state index in [1.54, 1.807) is 6.20 Å². The van der Waals surface area contributed by atoms with Crippen molar-refractivity contribution in [2.24, 2.45) is 11.8 Å². The first-order valence-electron chi connectivity index (χ1n) is 10.5. The lowest BCUT2D eigenvalue weighted by atomic mass is 9.70. The lowest BCUT2D eigenvalue weighted by Gasteiger charge is -2.35. The normalized spacial score (nSPS) is 22.6. The van der Waals surface area contributed by atoms with Crippen molar-refractivity contribution < 1.29 is 18.0 Å². The lowest BCUT2D eigenvalue weighted by Crippen LogP contribution is -2.34. The summed E-state index contributed by atoms with van der Waals surface area (Å²) in [5.41, 5.74) is 3.85. The molecule has 9 heteroatoms. The number of aromatic amines is 1. The molecule has 0 bridgehead atoms. The van der Waals surface area contributed by atoms with Crippen LogP contribution in [0.5, 0.6) is 0 Å². The summed E-state index contributed by atoms with van der Waals surface area (Å²) in [7, 11) is 0. The predicted molar refractivity (Wildman–Crippen MR) is 107 cm³/mol. The molecule has 0 aliphatic heterocycles. The second kappa shape index (κ2) is 8.28. The fraction of sp³-hybridized carbons (Fsp3) is 0.571. The summed E-state index contributed by atoms with van der Waals surface area (Å²) in [6.45, 7) is 0.916. The van der Waals surface area contributed by atoms with Gasteiger partial charge in [-0.15, -0.1) is 0 Å². The minimum atomic E-state index is -4.37. The van der Waals surface area contributed by atoms with Crippen molar-refractivity contribution in [2.45, 2.75) is 57.5 Å². The number of H-pyrrole nitrogens is 1. The maximum absolute atomic E-state index is 12.2. The fourth-order valence-corrected chi connectivity index (χ4v) is 4.84. The van der Waals surface area contributed by atoms with Crippen molar-refractivity contribution in [3.8, 4) is 0 Å². The topological polar surface area (TPSA) is 75.1 Å². The first-order valence-corrected chi connectivity index (χ1v) is 10.5. The van der Waals surface area contributed by atoms with Crippen LogP contribution in [0.2, 0.25) is 0 Å². The number of alkyl halides is 3. The molecule has 1 amide bonds. The molecule has 1 fully saturated rings. The van der Waals surface area contributed by atoms with E-state index in [1.165, 1.54) is 5.69 Å². The van der Waals surface area contributed by atoms with Gasteiger partial charge in [0.1, 0.15) is 6.54 Å². The average Bonchev–Trinajstić information content (AvgIpc) is 3.36. The van der Waals surface area contributed by atoms with Gasteiger partial charge < -0.3 is 10.3 Å². The van der Waals surface area contributed by atoms with Gasteiger partial charge in [-0.25, -0.2) is 9.97 Å². The summed E-state index contributed by atoms with van der Waals surface area (Å²) >= 11 is 0. The second-order valence-electron chi connectivity index (χ2n) is 8.23. The molecule has 3 aromatic heterocycles. The van der Waals surface area contributed by atoms with Gasteiger partial charge in [-0.1, -0.05) is 13.3 Å². The molecule has 1 aliphatic carbocycles. The van der Waals surface area contributed by atoms with Crippen LogP contribution in [0.3, 0.4) is 0 Å². The molecule has 162 valence electrons. The van der Waals surface area contributed by atoms with Gasteiger partial charge in [0.25, 0.3) is 0 Å². The molecular formula is C21H26F3N5O. The maximum Gasteiger partial charge on any atom is 0.405 e. The molecule has 1 saturated carbocycles. The van der Waals surface area contributed by atoms with Crippen LogP contribution in [-0.2, 0) is 4.79 Å². The van der Waals surface area contributed by atoms with Crippen LogP contribution >= 0.6 is 0 Å². The first kappa shape index (κ1) is 20.7. The highest BCUT2D eigenvalue weighted by Crippen LogP contribution is 2.43. The third kappa shape index (κ3) is 4.29. The number of carbonyl (C=O) groups is 1. The van der Waals surface area contributed by atoms with Gasteiger partial charge in [0.2, 0.25) is 5.91 Å². The lowest BCUT2D eigenvalue weighted by molar-refractivity contribution is -0.138. The number of amides is 1. The molecule has 2 N–H and O–H groups in total. The van der Waals surface area contributed by atoms with Crippen molar-refractivity contribution in [3.05, 3.63) is 30.4 Å². The van der Waals surface area contributed by atoms with Gasteiger partial charge in [0, 0.05) is 30.4 Å². The molecule has 3 atom stereocenters. The molecule has 3 aromatic rings. The zero-order valence-electron chi connectivity index (χ0n) is 16.9. The Morgan fingerprint density at radius 2 is 2.13 bits per heavy atom. The van der Waals surface area contributed by atoms with Crippen LogP contribution in [0.1, 0.15) is 57.1 Å². The smallest absolute Gasteiger partial charge is 0.347 e. The second-order valence-corrected chi connectivity index (χ2v) is 8.23. The van der Waals surface area contributed by atoms with Crippen LogP contribution in [0.15, 0.2) is 24.7 Å². The van der Waals surface area contributed by atoms with Gasteiger partial charge >= 0.3 is 6.18 Å². The highest BCUT2D eigenvalue weighted by molar-refractivity contribution is 5.76. The zero-order chi connectivity index (χ0) is 21.3. The molecule has 4 rings (SSSR count). The largest absolute Gasteiger partial charge is 0.405 e. The number of nitrogens with zero attached hydrogens (tertiary/aromatic N) is 3. The first-order chi connectivity index (χ1) is 14.4. The van der Waals surface area contributed by atoms with Crippen molar-refractivity contribution in [3.63, 3.8) is 0 Å². The maximum atomic E-state index is 12.2. The minimum absolute atomic E-state index is 0.146. The van der Waals surface area contributed by atoms with Gasteiger partial charge in [-0.3, -0.25) is 9.20 Å². The number of halogens is 3. The average molecular weight is 421 g/mol. The number of imidazole rings is 1. The predicted octanol–water partition coefficient (Wildman–Crippen LogP) is 4.58. The summed E-state index contributed by atoms with van der Waals surface area (Å²) in [5, 5.41) is 1.97. The molecule has 6 nitrogen and oxygen atoms in total. The monoisotopic (exact) mass is 421 g/mol. The standard InChI is InChI=1S/C21H26F3N5O/c1-2-14-9-13(4-6-19(30)28-12-21(22,23)24)3-5-15(14)17-10-26-18-11-27-20-16(29(17)18)7-8-25-20/h7-8,10-11,13-15,25H,2-6,9,12H2,1H3,(H,28,30)/t13?,14-,15+/m1/s1. The molecule has 3 heterocycles. The van der Waals surface area contributed by atoms with Gasteiger partial charge in [0.05, 0.1) is 11.7 Å². The Labute approximate surface area is 172 Å². The van der Waals surface area contributed by atoms with E-state index in [0.717, 1.165) is 42.5 Å². The Balaban J connectivity index is 1.43. The van der Waals surface area contributed by atoms with E-state index in [0.29, 0.717) is 24.2 Å². The number of rotatable bonds is 6. The SMILES string of the molecule is CC[C@@H]1CC(CCC(=O)NCC(F)(F)F)CC[C@@H]1c1cnc2cnc3[nH]ccc3n12. The van der Waals surface area contributed by atoms with Crippen LogP contribution in [0, 0.1) is 11.8 Å². The highest BCUT2D eigenvalue weighted by Gasteiger charge is 2.33. The summed E-state index contributed by atoms with van der Waals surface area (Å²) in [6.07, 6.45) is 5.93. The minimum Gasteiger partial charge on any atom is -0.347 e. The Bertz CT molecular complexity index is 1020. The van der Waals surface area contributed by atoms with E-state index in [1.807, 2.05) is 23.8 Å². The van der Waals surface area contributed by atoms with Crippen molar-refractivity contribution in [1.82, 2.24) is 24.7 Å². The van der Waals surface area contributed by atoms with Crippen LogP contribution < -0.4 is 5.32 Å². The van der Waals surface area contributed by atoms with Gasteiger partial charge in [-0.2, -0.15) is 13.2 Å². The summed E-state index contributed by atoms with van der Waals surface area (Å²) in [6, 6.07) is 2.01. The molecule has 0 aromatic carbocycles. The van der Waals surface area contributed by atoms with Crippen molar-refractivity contribution in [1.29, 1.82) is 0 Å². The van der Waals surface area contributed by atoms with Crippen molar-refractivity contribution in [2.75, 3.05) is 6.54 Å². The Morgan fingerprint density at radius 3 is 2.90 bits per heavy atom. The number of hydrogen-bond acceptors (Lipinski definition) is 3. The molecule has 0 saturated heterocycles. The van der Waals surface area contributed by atoms with E-state index in [-0.39, 0.29) is 6.42 Å². The Morgan fingerprint density at radius 1 is 1.30 bits per heavy atom. The highest BCUT2D eigenvalue weighted by atomic mass is 19.4. The summed E-state index contributed by atoms with van der Waals surface area (Å²) in [4.78, 5) is 23.8. The van der Waals surface area contributed by atoms with E-state index >= 15 is 0 Å². The number of nitrogens with one attached hydrogen (secondary N) is 2. The fourth-order valence-electron chi connectivity index (χ4n) is 4.84. The van der Waals surface area contributed by atoms with E-state index in [2.05, 4.69) is 26.3 Å². The van der Waals surface area contributed by atoms with Crippen LogP contribution in [0.25, 0.3) is 16.8 Å². The van der Waals surface area contributed by atoms with Gasteiger partial charge in [-0.05, 0) is 43.6 Å². The molecular weight excluding hydrogens is 395 g/mol. The number of hydrogen-bond donors (Lipinski definition) is 2. The zero-order valence-corrected chi connectivity index (χ0v) is 16.9. The number of fused-ring (bicyclic) bond motifs is 3. The van der Waals surface area contributed by atoms with E-state index in [9.17, 15) is 18.0 Å². The molecule has 0 radical (unpaired) electrons. The third-order valence-corrected chi connectivity index (χ3v) is 6.33.